The van der Waals surface area contributed by atoms with Gasteiger partial charge in [0.25, 0.3) is 0 Å². The minimum Gasteiger partial charge on any atom is -0.281 e. The molecule has 29 heavy (non-hydrogen) atoms. The van der Waals surface area contributed by atoms with Crippen LogP contribution >= 0.6 is 0 Å². The second-order valence-electron chi connectivity index (χ2n) is 8.97. The summed E-state index contributed by atoms with van der Waals surface area (Å²) in [6, 6.07) is 6.28. The highest BCUT2D eigenvalue weighted by atomic mass is 15.3. The van der Waals surface area contributed by atoms with Crippen molar-refractivity contribution in [1.29, 1.82) is 0 Å². The molecule has 0 spiro atoms. The van der Waals surface area contributed by atoms with E-state index in [0.29, 0.717) is 0 Å². The zero-order valence-corrected chi connectivity index (χ0v) is 17.5. The highest BCUT2D eigenvalue weighted by Crippen LogP contribution is 2.35. The van der Waals surface area contributed by atoms with Gasteiger partial charge in [-0.05, 0) is 49.3 Å². The van der Waals surface area contributed by atoms with Crippen LogP contribution in [0.5, 0.6) is 0 Å². The van der Waals surface area contributed by atoms with Crippen LogP contribution in [0.3, 0.4) is 0 Å². The molecule has 0 saturated heterocycles. The molecule has 5 rings (SSSR count). The summed E-state index contributed by atoms with van der Waals surface area (Å²) in [7, 11) is 2.04. The molecule has 0 atom stereocenters. The lowest BCUT2D eigenvalue weighted by atomic mass is 9.92. The van der Waals surface area contributed by atoms with Crippen molar-refractivity contribution in [2.24, 2.45) is 7.05 Å². The first-order chi connectivity index (χ1) is 13.9. The fourth-order valence-corrected chi connectivity index (χ4v) is 4.21. The van der Waals surface area contributed by atoms with Crippen LogP contribution in [0.15, 0.2) is 30.6 Å². The van der Waals surface area contributed by atoms with Crippen LogP contribution in [0.4, 0.5) is 0 Å². The van der Waals surface area contributed by atoms with Crippen LogP contribution in [-0.2, 0) is 25.3 Å². The molecular formula is C23H26N6. The van der Waals surface area contributed by atoms with E-state index in [4.69, 9.17) is 10.1 Å². The molecule has 0 aromatic carbocycles. The van der Waals surface area contributed by atoms with Gasteiger partial charge in [0.15, 0.2) is 0 Å². The maximum absolute atomic E-state index is 5.06. The SMILES string of the molecule is Cn1nc(-c2cc3ccncc3c(-c3cc(C(C)(C)C)[nH]n3)n2)c2c1CCCC2. The Morgan fingerprint density at radius 1 is 1.03 bits per heavy atom. The minimum atomic E-state index is -0.00300. The van der Waals surface area contributed by atoms with Crippen molar-refractivity contribution < 1.29 is 0 Å². The number of rotatable bonds is 2. The smallest absolute Gasteiger partial charge is 0.114 e. The lowest BCUT2D eigenvalue weighted by Gasteiger charge is -2.14. The van der Waals surface area contributed by atoms with Crippen LogP contribution in [0.2, 0.25) is 0 Å². The Kier molecular flexibility index (Phi) is 4.05. The molecule has 1 aliphatic carbocycles. The molecule has 0 aliphatic heterocycles. The third kappa shape index (κ3) is 3.03. The van der Waals surface area contributed by atoms with Gasteiger partial charge in [0.2, 0.25) is 0 Å². The number of H-pyrrole nitrogens is 1. The number of fused-ring (bicyclic) bond motifs is 2. The van der Waals surface area contributed by atoms with Crippen molar-refractivity contribution in [2.75, 3.05) is 0 Å². The molecule has 0 amide bonds. The van der Waals surface area contributed by atoms with Crippen molar-refractivity contribution >= 4 is 10.8 Å². The van der Waals surface area contributed by atoms with E-state index in [1.807, 2.05) is 30.2 Å². The number of aromatic amines is 1. The summed E-state index contributed by atoms with van der Waals surface area (Å²) in [5, 5.41) is 14.8. The van der Waals surface area contributed by atoms with Crippen molar-refractivity contribution in [2.45, 2.75) is 51.9 Å². The molecule has 4 heterocycles. The molecule has 148 valence electrons. The van der Waals surface area contributed by atoms with Gasteiger partial charge in [-0.1, -0.05) is 20.8 Å². The second kappa shape index (κ2) is 6.51. The average molecular weight is 387 g/mol. The van der Waals surface area contributed by atoms with E-state index in [1.54, 1.807) is 0 Å². The van der Waals surface area contributed by atoms with E-state index in [2.05, 4.69) is 48.1 Å². The molecule has 0 radical (unpaired) electrons. The Morgan fingerprint density at radius 3 is 2.66 bits per heavy atom. The van der Waals surface area contributed by atoms with Gasteiger partial charge in [-0.15, -0.1) is 0 Å². The molecule has 0 unspecified atom stereocenters. The van der Waals surface area contributed by atoms with E-state index in [1.165, 1.54) is 24.1 Å². The van der Waals surface area contributed by atoms with E-state index < -0.39 is 0 Å². The quantitative estimate of drug-likeness (QED) is 0.547. The Morgan fingerprint density at radius 2 is 1.86 bits per heavy atom. The van der Waals surface area contributed by atoms with Crippen molar-refractivity contribution in [1.82, 2.24) is 29.9 Å². The van der Waals surface area contributed by atoms with Crippen LogP contribution in [0, 0.1) is 0 Å². The largest absolute Gasteiger partial charge is 0.281 e. The van der Waals surface area contributed by atoms with Gasteiger partial charge >= 0.3 is 0 Å². The van der Waals surface area contributed by atoms with E-state index in [-0.39, 0.29) is 5.41 Å². The van der Waals surface area contributed by atoms with Crippen molar-refractivity contribution in [3.8, 4) is 22.8 Å². The van der Waals surface area contributed by atoms with Gasteiger partial charge in [0, 0.05) is 47.2 Å². The zero-order chi connectivity index (χ0) is 20.2. The number of nitrogens with one attached hydrogen (secondary N) is 1. The number of nitrogens with zero attached hydrogens (tertiary/aromatic N) is 5. The molecule has 6 heteroatoms. The number of hydrogen-bond donors (Lipinski definition) is 1. The van der Waals surface area contributed by atoms with Crippen LogP contribution in [0.25, 0.3) is 33.5 Å². The summed E-state index contributed by atoms with van der Waals surface area (Å²) >= 11 is 0. The number of hydrogen-bond acceptors (Lipinski definition) is 4. The van der Waals surface area contributed by atoms with Crippen molar-refractivity contribution in [3.63, 3.8) is 0 Å². The normalized spacial score (nSPS) is 14.3. The Labute approximate surface area is 170 Å². The molecule has 6 nitrogen and oxygen atoms in total. The maximum atomic E-state index is 5.06. The van der Waals surface area contributed by atoms with Crippen LogP contribution in [0.1, 0.15) is 50.6 Å². The lowest BCUT2D eigenvalue weighted by molar-refractivity contribution is 0.567. The summed E-state index contributed by atoms with van der Waals surface area (Å²) in [6.45, 7) is 6.52. The predicted octanol–water partition coefficient (Wildman–Crippen LogP) is 4.60. The molecule has 1 aliphatic rings. The van der Waals surface area contributed by atoms with Gasteiger partial charge in [-0.25, -0.2) is 4.98 Å². The predicted molar refractivity (Wildman–Crippen MR) is 115 cm³/mol. The van der Waals surface area contributed by atoms with E-state index in [9.17, 15) is 0 Å². The van der Waals surface area contributed by atoms with Crippen LogP contribution < -0.4 is 0 Å². The Hall–Kier alpha value is -3.02. The molecular weight excluding hydrogens is 360 g/mol. The van der Waals surface area contributed by atoms with Crippen LogP contribution in [-0.4, -0.2) is 29.9 Å². The fraction of sp³-hybridized carbons (Fsp3) is 0.391. The number of pyridine rings is 2. The molecule has 0 saturated carbocycles. The summed E-state index contributed by atoms with van der Waals surface area (Å²) in [5.74, 6) is 0. The minimum absolute atomic E-state index is 0.00300. The summed E-state index contributed by atoms with van der Waals surface area (Å²) in [5.41, 5.74) is 7.41. The summed E-state index contributed by atoms with van der Waals surface area (Å²) in [6.07, 6.45) is 8.31. The second-order valence-corrected chi connectivity index (χ2v) is 8.97. The summed E-state index contributed by atoms with van der Waals surface area (Å²) < 4.78 is 2.04. The van der Waals surface area contributed by atoms with E-state index >= 15 is 0 Å². The highest BCUT2D eigenvalue weighted by Gasteiger charge is 2.23. The van der Waals surface area contributed by atoms with Gasteiger partial charge in [-0.2, -0.15) is 10.2 Å². The standard InChI is InChI=1S/C23H26N6/c1-23(2,3)20-12-18(26-27-20)21-16-13-24-10-9-14(16)11-17(25-21)22-15-7-5-6-8-19(15)29(4)28-22/h9-13H,5-8H2,1-4H3,(H,26,27). The van der Waals surface area contributed by atoms with Gasteiger partial charge in [0.05, 0.1) is 5.69 Å². The van der Waals surface area contributed by atoms with Crippen molar-refractivity contribution in [3.05, 3.63) is 47.5 Å². The zero-order valence-electron chi connectivity index (χ0n) is 17.5. The molecule has 0 bridgehead atoms. The van der Waals surface area contributed by atoms with Gasteiger partial charge < -0.3 is 0 Å². The number of aromatic nitrogens is 6. The Balaban J connectivity index is 1.73. The number of aryl methyl sites for hydroxylation is 1. The summed E-state index contributed by atoms with van der Waals surface area (Å²) in [4.78, 5) is 9.39. The van der Waals surface area contributed by atoms with Gasteiger partial charge in [0.1, 0.15) is 17.1 Å². The molecule has 0 fully saturated rings. The maximum Gasteiger partial charge on any atom is 0.114 e. The average Bonchev–Trinajstić information content (AvgIpc) is 3.33. The molecule has 4 aromatic heterocycles. The lowest BCUT2D eigenvalue weighted by Crippen LogP contribution is -2.11. The van der Waals surface area contributed by atoms with E-state index in [0.717, 1.165) is 52.1 Å². The highest BCUT2D eigenvalue weighted by molar-refractivity contribution is 5.95. The molecule has 1 N–H and O–H groups in total. The first kappa shape index (κ1) is 18.0. The first-order valence-corrected chi connectivity index (χ1v) is 10.3. The Bertz CT molecular complexity index is 1210. The third-order valence-corrected chi connectivity index (χ3v) is 5.87. The third-order valence-electron chi connectivity index (χ3n) is 5.87. The monoisotopic (exact) mass is 386 g/mol. The topological polar surface area (TPSA) is 72.3 Å². The first-order valence-electron chi connectivity index (χ1n) is 10.3. The fourth-order valence-electron chi connectivity index (χ4n) is 4.21. The molecule has 4 aromatic rings. The van der Waals surface area contributed by atoms with Gasteiger partial charge in [-0.3, -0.25) is 14.8 Å².